The highest BCUT2D eigenvalue weighted by molar-refractivity contribution is 5.95. The summed E-state index contributed by atoms with van der Waals surface area (Å²) in [5.74, 6) is -3.48. The van der Waals surface area contributed by atoms with Crippen molar-refractivity contribution in [2.75, 3.05) is 0 Å². The number of imide groups is 1. The van der Waals surface area contributed by atoms with Gasteiger partial charge in [0.1, 0.15) is 11.2 Å². The summed E-state index contributed by atoms with van der Waals surface area (Å²) in [6.45, 7) is 10.9. The van der Waals surface area contributed by atoms with E-state index < -0.39 is 46.8 Å². The van der Waals surface area contributed by atoms with Crippen LogP contribution in [0.4, 0.5) is 18.4 Å². The van der Waals surface area contributed by atoms with Crippen LogP contribution in [0.25, 0.3) is 5.57 Å². The number of rotatable bonds is 5. The molecule has 0 N–H and O–H groups in total. The van der Waals surface area contributed by atoms with Gasteiger partial charge in [-0.1, -0.05) is 36.4 Å². The smallest absolute Gasteiger partial charge is 0.422 e. The van der Waals surface area contributed by atoms with Crippen LogP contribution in [0.15, 0.2) is 47.3 Å². The molecule has 0 radical (unpaired) electrons. The van der Waals surface area contributed by atoms with Crippen molar-refractivity contribution in [3.63, 3.8) is 0 Å². The Morgan fingerprint density at radius 3 is 1.93 bits per heavy atom. The summed E-state index contributed by atoms with van der Waals surface area (Å²) in [4.78, 5) is 54.1. The number of likely N-dealkylation sites (tertiary alicyclic amines) is 1. The summed E-state index contributed by atoms with van der Waals surface area (Å²) in [6.07, 6.45) is 1.90. The van der Waals surface area contributed by atoms with E-state index in [2.05, 4.69) is 0 Å². The summed E-state index contributed by atoms with van der Waals surface area (Å²) in [6, 6.07) is 7.98. The van der Waals surface area contributed by atoms with E-state index in [9.17, 15) is 28.0 Å². The van der Waals surface area contributed by atoms with E-state index in [0.717, 1.165) is 29.2 Å². The Balaban J connectivity index is 1.92. The summed E-state index contributed by atoms with van der Waals surface area (Å²) >= 11 is 0. The molecule has 2 amide bonds. The van der Waals surface area contributed by atoms with Gasteiger partial charge in [0, 0.05) is 30.0 Å². The first kappa shape index (κ1) is 31.1. The molecule has 0 spiro atoms. The number of hydrogen-bond acceptors (Lipinski definition) is 6. The van der Waals surface area contributed by atoms with Crippen LogP contribution in [-0.2, 0) is 20.2 Å². The van der Waals surface area contributed by atoms with Crippen molar-refractivity contribution >= 4 is 23.7 Å². The topological polar surface area (TPSA) is 94.9 Å². The van der Waals surface area contributed by atoms with Crippen LogP contribution < -0.4 is 5.56 Å². The second-order valence-electron chi connectivity index (χ2n) is 13.0. The monoisotopic (exact) mass is 584 g/mol. The number of amides is 2. The van der Waals surface area contributed by atoms with Gasteiger partial charge < -0.3 is 9.47 Å². The van der Waals surface area contributed by atoms with Gasteiger partial charge in [-0.2, -0.15) is 0 Å². The van der Waals surface area contributed by atoms with Crippen LogP contribution in [0.5, 0.6) is 0 Å². The maximum Gasteiger partial charge on any atom is 0.422 e. The first-order chi connectivity index (χ1) is 19.4. The van der Waals surface area contributed by atoms with E-state index >= 15 is 0 Å². The highest BCUT2D eigenvalue weighted by Crippen LogP contribution is 2.39. The van der Waals surface area contributed by atoms with E-state index in [-0.39, 0.29) is 30.0 Å². The minimum atomic E-state index is -3.09. The predicted octanol–water partition coefficient (Wildman–Crippen LogP) is 6.98. The molecule has 1 aromatic carbocycles. The normalized spacial score (nSPS) is 18.3. The molecule has 1 saturated carbocycles. The van der Waals surface area contributed by atoms with Crippen LogP contribution in [0.2, 0.25) is 0 Å². The van der Waals surface area contributed by atoms with Crippen molar-refractivity contribution in [2.45, 2.75) is 103 Å². The molecule has 10 heteroatoms. The molecule has 1 saturated heterocycles. The maximum absolute atomic E-state index is 14.0. The number of ether oxygens (including phenoxy) is 2. The number of nitrogens with zero attached hydrogens (tertiary/aromatic N) is 2. The molecular weight excluding hydrogens is 546 g/mol. The first-order valence-electron chi connectivity index (χ1n) is 14.1. The number of carbonyl (C=O) groups excluding carboxylic acids is 3. The fraction of sp³-hybridized carbons (Fsp3) is 0.500. The number of alkyl halides is 2. The number of hydrogen-bond donors (Lipinski definition) is 0. The summed E-state index contributed by atoms with van der Waals surface area (Å²) < 4.78 is 40.1. The molecule has 1 unspecified atom stereocenters. The van der Waals surface area contributed by atoms with Gasteiger partial charge in [-0.05, 0) is 78.4 Å². The molecule has 1 atom stereocenters. The van der Waals surface area contributed by atoms with E-state index in [1.165, 1.54) is 24.3 Å². The number of benzene rings is 1. The van der Waals surface area contributed by atoms with Crippen molar-refractivity contribution in [3.8, 4) is 0 Å². The summed E-state index contributed by atoms with van der Waals surface area (Å²) in [7, 11) is 0. The van der Waals surface area contributed by atoms with Crippen LogP contribution in [0, 0.1) is 0 Å². The third kappa shape index (κ3) is 7.14. The summed E-state index contributed by atoms with van der Waals surface area (Å²) in [5, 5.41) is 0. The van der Waals surface area contributed by atoms with Crippen molar-refractivity contribution in [1.82, 2.24) is 9.47 Å². The lowest BCUT2D eigenvalue weighted by Gasteiger charge is -2.27. The largest absolute Gasteiger partial charge is 0.443 e. The molecule has 1 aliphatic heterocycles. The molecule has 2 aromatic rings. The zero-order valence-electron chi connectivity index (χ0n) is 25.1. The number of carbonyl (C=O) groups is 3. The fourth-order valence-corrected chi connectivity index (χ4v) is 4.83. The van der Waals surface area contributed by atoms with Crippen LogP contribution in [0.1, 0.15) is 102 Å². The second-order valence-corrected chi connectivity index (χ2v) is 13.0. The van der Waals surface area contributed by atoms with E-state index in [0.29, 0.717) is 16.7 Å². The minimum absolute atomic E-state index is 0.0360. The van der Waals surface area contributed by atoms with Crippen LogP contribution >= 0.6 is 0 Å². The van der Waals surface area contributed by atoms with Crippen molar-refractivity contribution in [3.05, 3.63) is 75.2 Å². The van der Waals surface area contributed by atoms with Gasteiger partial charge in [-0.15, -0.1) is 0 Å². The average molecular weight is 585 g/mol. The van der Waals surface area contributed by atoms with Gasteiger partial charge in [-0.25, -0.2) is 27.8 Å². The molecule has 2 heterocycles. The number of pyridine rings is 1. The minimum Gasteiger partial charge on any atom is -0.443 e. The third-order valence-electron chi connectivity index (χ3n) is 6.89. The molecule has 1 aromatic heterocycles. The van der Waals surface area contributed by atoms with E-state index in [1.807, 2.05) is 0 Å². The molecule has 0 bridgehead atoms. The number of aromatic nitrogens is 1. The SMILES string of the molecule is CC(C)(C)OC(=O)N1C(=O)CCC1/C=C(/c1ccc(C(C)(F)F)cc1)c1ccc(C2CC2)c(=O)n1C(=O)OC(C)(C)C. The van der Waals surface area contributed by atoms with E-state index in [4.69, 9.17) is 9.47 Å². The quantitative estimate of drug-likeness (QED) is 0.376. The highest BCUT2D eigenvalue weighted by Gasteiger charge is 2.38. The van der Waals surface area contributed by atoms with Crippen molar-refractivity contribution in [2.24, 2.45) is 0 Å². The third-order valence-corrected chi connectivity index (χ3v) is 6.89. The van der Waals surface area contributed by atoms with Crippen molar-refractivity contribution < 1.29 is 32.6 Å². The Morgan fingerprint density at radius 2 is 1.40 bits per heavy atom. The van der Waals surface area contributed by atoms with Gasteiger partial charge in [0.15, 0.2) is 0 Å². The lowest BCUT2D eigenvalue weighted by molar-refractivity contribution is -0.127. The van der Waals surface area contributed by atoms with Gasteiger partial charge in [0.2, 0.25) is 5.91 Å². The molecule has 8 nitrogen and oxygen atoms in total. The Morgan fingerprint density at radius 1 is 0.833 bits per heavy atom. The number of halogens is 2. The Hall–Kier alpha value is -3.82. The second kappa shape index (κ2) is 11.1. The maximum atomic E-state index is 14.0. The molecular formula is C32H38F2N2O6. The zero-order valence-corrected chi connectivity index (χ0v) is 25.1. The molecule has 42 heavy (non-hydrogen) atoms. The highest BCUT2D eigenvalue weighted by atomic mass is 19.3. The Labute approximate surface area is 244 Å². The lowest BCUT2D eigenvalue weighted by atomic mass is 9.96. The van der Waals surface area contributed by atoms with Crippen LogP contribution in [0.3, 0.4) is 0 Å². The van der Waals surface area contributed by atoms with Crippen molar-refractivity contribution in [1.29, 1.82) is 0 Å². The molecule has 2 aliphatic rings. The fourth-order valence-electron chi connectivity index (χ4n) is 4.83. The molecule has 4 rings (SSSR count). The molecule has 226 valence electrons. The zero-order chi connectivity index (χ0) is 31.2. The predicted molar refractivity (Wildman–Crippen MR) is 153 cm³/mol. The standard InChI is InChI=1S/C32H38F2N2O6/c1-30(2,3)41-28(39)35-22(14-17-26(35)37)18-24(20-10-12-21(13-11-20)32(7,33)34)25-16-15-23(19-8-9-19)27(38)36(25)29(40)42-31(4,5)6/h10-13,15-16,18-19,22H,8-9,14,17H2,1-7H3/b24-18-. The van der Waals surface area contributed by atoms with E-state index in [1.54, 1.807) is 59.8 Å². The van der Waals surface area contributed by atoms with Gasteiger partial charge >= 0.3 is 12.2 Å². The Bertz CT molecular complexity index is 1470. The first-order valence-corrected chi connectivity index (χ1v) is 14.1. The summed E-state index contributed by atoms with van der Waals surface area (Å²) in [5.41, 5.74) is -1.17. The average Bonchev–Trinajstić information content (AvgIpc) is 3.61. The van der Waals surface area contributed by atoms with Crippen LogP contribution in [-0.4, -0.2) is 44.8 Å². The molecule has 1 aliphatic carbocycles. The van der Waals surface area contributed by atoms with Gasteiger partial charge in [-0.3, -0.25) is 9.59 Å². The Kier molecular flexibility index (Phi) is 8.23. The van der Waals surface area contributed by atoms with Gasteiger partial charge in [0.05, 0.1) is 11.7 Å². The van der Waals surface area contributed by atoms with Gasteiger partial charge in [0.25, 0.3) is 11.5 Å². The lowest BCUT2D eigenvalue weighted by Crippen LogP contribution is -2.41. The molecule has 2 fully saturated rings.